The molecule has 0 rings (SSSR count). The minimum atomic E-state index is 0.403. The van der Waals surface area contributed by atoms with Crippen molar-refractivity contribution in [2.75, 3.05) is 33.4 Å². The van der Waals surface area contributed by atoms with Gasteiger partial charge < -0.3 is 14.8 Å². The van der Waals surface area contributed by atoms with Gasteiger partial charge in [0.05, 0.1) is 12.7 Å². The summed E-state index contributed by atoms with van der Waals surface area (Å²) < 4.78 is 10.5. The van der Waals surface area contributed by atoms with E-state index in [1.165, 1.54) is 6.42 Å². The molecule has 1 atom stereocenters. The predicted molar refractivity (Wildman–Crippen MR) is 59.7 cm³/mol. The molecular formula is C11H25NO2. The van der Waals surface area contributed by atoms with E-state index in [0.29, 0.717) is 6.10 Å². The van der Waals surface area contributed by atoms with Crippen LogP contribution in [0, 0.1) is 0 Å². The van der Waals surface area contributed by atoms with Crippen molar-refractivity contribution in [3.05, 3.63) is 0 Å². The first kappa shape index (κ1) is 13.9. The second-order valence-corrected chi connectivity index (χ2v) is 3.57. The number of methoxy groups -OCH3 is 1. The van der Waals surface area contributed by atoms with E-state index in [0.717, 1.165) is 39.1 Å². The minimum absolute atomic E-state index is 0.403. The third-order valence-corrected chi connectivity index (χ3v) is 2.08. The van der Waals surface area contributed by atoms with E-state index < -0.39 is 0 Å². The van der Waals surface area contributed by atoms with E-state index in [-0.39, 0.29) is 0 Å². The van der Waals surface area contributed by atoms with Crippen molar-refractivity contribution >= 4 is 0 Å². The molecule has 0 saturated carbocycles. The average molecular weight is 203 g/mol. The number of rotatable bonds is 10. The van der Waals surface area contributed by atoms with Gasteiger partial charge in [-0.1, -0.05) is 13.3 Å². The Morgan fingerprint density at radius 3 is 2.64 bits per heavy atom. The number of hydrogen-bond donors (Lipinski definition) is 1. The normalized spacial score (nSPS) is 13.1. The van der Waals surface area contributed by atoms with Crippen LogP contribution < -0.4 is 5.32 Å². The van der Waals surface area contributed by atoms with Crippen LogP contribution in [0.3, 0.4) is 0 Å². The van der Waals surface area contributed by atoms with Crippen LogP contribution >= 0.6 is 0 Å². The van der Waals surface area contributed by atoms with Crippen molar-refractivity contribution in [2.45, 2.75) is 39.2 Å². The van der Waals surface area contributed by atoms with Crippen molar-refractivity contribution in [3.8, 4) is 0 Å². The molecule has 0 aromatic carbocycles. The fraction of sp³-hybridized carbons (Fsp3) is 1.00. The van der Waals surface area contributed by atoms with Crippen LogP contribution in [-0.2, 0) is 9.47 Å². The number of ether oxygens (including phenoxy) is 2. The fourth-order valence-corrected chi connectivity index (χ4v) is 1.29. The molecule has 86 valence electrons. The van der Waals surface area contributed by atoms with Gasteiger partial charge in [0.25, 0.3) is 0 Å². The zero-order chi connectivity index (χ0) is 10.6. The van der Waals surface area contributed by atoms with Crippen molar-refractivity contribution in [3.63, 3.8) is 0 Å². The van der Waals surface area contributed by atoms with Crippen molar-refractivity contribution in [1.82, 2.24) is 5.32 Å². The maximum absolute atomic E-state index is 5.60. The Morgan fingerprint density at radius 1 is 1.21 bits per heavy atom. The van der Waals surface area contributed by atoms with Gasteiger partial charge in [0.15, 0.2) is 0 Å². The van der Waals surface area contributed by atoms with Crippen LogP contribution in [0.5, 0.6) is 0 Å². The molecule has 3 nitrogen and oxygen atoms in total. The second kappa shape index (κ2) is 11.0. The summed E-state index contributed by atoms with van der Waals surface area (Å²) in [6.07, 6.45) is 3.83. The molecule has 14 heavy (non-hydrogen) atoms. The number of nitrogens with one attached hydrogen (secondary N) is 1. The van der Waals surface area contributed by atoms with E-state index >= 15 is 0 Å². The Labute approximate surface area is 88.2 Å². The Balaban J connectivity index is 2.98. The zero-order valence-corrected chi connectivity index (χ0v) is 9.84. The standard InChI is InChI=1S/C11H25NO2/c1-4-6-11(2)14-10-8-12-7-5-9-13-3/h11-12H,4-10H2,1-3H3. The van der Waals surface area contributed by atoms with Crippen molar-refractivity contribution in [2.24, 2.45) is 0 Å². The molecule has 0 aromatic rings. The highest BCUT2D eigenvalue weighted by Gasteiger charge is 1.98. The Morgan fingerprint density at radius 2 is 2.00 bits per heavy atom. The maximum atomic E-state index is 5.60. The van der Waals surface area contributed by atoms with E-state index in [1.54, 1.807) is 7.11 Å². The quantitative estimate of drug-likeness (QED) is 0.549. The van der Waals surface area contributed by atoms with Gasteiger partial charge >= 0.3 is 0 Å². The smallest absolute Gasteiger partial charge is 0.0594 e. The van der Waals surface area contributed by atoms with E-state index in [1.807, 2.05) is 0 Å². The second-order valence-electron chi connectivity index (χ2n) is 3.57. The summed E-state index contributed by atoms with van der Waals surface area (Å²) in [6.45, 7) is 7.92. The zero-order valence-electron chi connectivity index (χ0n) is 9.84. The van der Waals surface area contributed by atoms with Gasteiger partial charge in [-0.2, -0.15) is 0 Å². The SMILES string of the molecule is CCCC(C)OCCNCCCOC. The van der Waals surface area contributed by atoms with Gasteiger partial charge in [-0.3, -0.25) is 0 Å². The lowest BCUT2D eigenvalue weighted by atomic mass is 10.2. The molecule has 0 aromatic heterocycles. The monoisotopic (exact) mass is 203 g/mol. The molecule has 0 heterocycles. The first-order chi connectivity index (χ1) is 6.81. The van der Waals surface area contributed by atoms with E-state index in [4.69, 9.17) is 9.47 Å². The molecule has 0 radical (unpaired) electrons. The van der Waals surface area contributed by atoms with Crippen LogP contribution in [0.4, 0.5) is 0 Å². The molecule has 0 saturated heterocycles. The largest absolute Gasteiger partial charge is 0.385 e. The topological polar surface area (TPSA) is 30.5 Å². The van der Waals surface area contributed by atoms with Gasteiger partial charge in [-0.05, 0) is 26.3 Å². The summed E-state index contributed by atoms with van der Waals surface area (Å²) in [6, 6.07) is 0. The van der Waals surface area contributed by atoms with Gasteiger partial charge in [-0.15, -0.1) is 0 Å². The molecule has 0 aliphatic rings. The summed E-state index contributed by atoms with van der Waals surface area (Å²) in [5, 5.41) is 3.31. The highest BCUT2D eigenvalue weighted by molar-refractivity contribution is 4.50. The van der Waals surface area contributed by atoms with Crippen LogP contribution in [-0.4, -0.2) is 39.5 Å². The third-order valence-electron chi connectivity index (χ3n) is 2.08. The van der Waals surface area contributed by atoms with Gasteiger partial charge in [0.2, 0.25) is 0 Å². The Kier molecular flexibility index (Phi) is 10.9. The molecular weight excluding hydrogens is 178 g/mol. The summed E-state index contributed by atoms with van der Waals surface area (Å²) in [4.78, 5) is 0. The maximum Gasteiger partial charge on any atom is 0.0594 e. The van der Waals surface area contributed by atoms with Crippen LogP contribution in [0.25, 0.3) is 0 Å². The number of hydrogen-bond acceptors (Lipinski definition) is 3. The summed E-state index contributed by atoms with van der Waals surface area (Å²) in [5.74, 6) is 0. The van der Waals surface area contributed by atoms with Gasteiger partial charge in [0, 0.05) is 20.3 Å². The summed E-state index contributed by atoms with van der Waals surface area (Å²) >= 11 is 0. The van der Waals surface area contributed by atoms with Crippen molar-refractivity contribution in [1.29, 1.82) is 0 Å². The van der Waals surface area contributed by atoms with Crippen LogP contribution in [0.1, 0.15) is 33.1 Å². The molecule has 0 amide bonds. The first-order valence-electron chi connectivity index (χ1n) is 5.62. The van der Waals surface area contributed by atoms with E-state index in [9.17, 15) is 0 Å². The molecule has 1 unspecified atom stereocenters. The van der Waals surface area contributed by atoms with Gasteiger partial charge in [-0.25, -0.2) is 0 Å². The molecule has 0 fully saturated rings. The molecule has 0 bridgehead atoms. The Hall–Kier alpha value is -0.120. The lowest BCUT2D eigenvalue weighted by Crippen LogP contribution is -2.23. The summed E-state index contributed by atoms with van der Waals surface area (Å²) in [7, 11) is 1.73. The highest BCUT2D eigenvalue weighted by atomic mass is 16.5. The molecule has 1 N–H and O–H groups in total. The predicted octanol–water partition coefficient (Wildman–Crippen LogP) is 1.82. The van der Waals surface area contributed by atoms with Gasteiger partial charge in [0.1, 0.15) is 0 Å². The summed E-state index contributed by atoms with van der Waals surface area (Å²) in [5.41, 5.74) is 0. The van der Waals surface area contributed by atoms with Crippen LogP contribution in [0.15, 0.2) is 0 Å². The first-order valence-corrected chi connectivity index (χ1v) is 5.62. The molecule has 0 spiro atoms. The minimum Gasteiger partial charge on any atom is -0.385 e. The average Bonchev–Trinajstić information content (AvgIpc) is 2.17. The highest BCUT2D eigenvalue weighted by Crippen LogP contribution is 1.99. The lowest BCUT2D eigenvalue weighted by Gasteiger charge is -2.12. The third kappa shape index (κ3) is 9.96. The lowest BCUT2D eigenvalue weighted by molar-refractivity contribution is 0.0616. The molecule has 3 heteroatoms. The Bertz CT molecular complexity index is 109. The molecule has 0 aliphatic carbocycles. The van der Waals surface area contributed by atoms with E-state index in [2.05, 4.69) is 19.2 Å². The van der Waals surface area contributed by atoms with Crippen LogP contribution in [0.2, 0.25) is 0 Å². The molecule has 0 aliphatic heterocycles. The van der Waals surface area contributed by atoms with Crippen molar-refractivity contribution < 1.29 is 9.47 Å². The fourth-order valence-electron chi connectivity index (χ4n) is 1.29.